The molecule has 0 unspecified atom stereocenters. The van der Waals surface area contributed by atoms with Crippen molar-refractivity contribution in [2.45, 2.75) is 0 Å². The molecule has 0 aliphatic rings. The number of fused-ring (bicyclic) bond motifs is 3. The first-order valence-electron chi connectivity index (χ1n) is 11.0. The molecule has 34 heavy (non-hydrogen) atoms. The largest absolute Gasteiger partial charge is 0.292 e. The number of aromatic nitrogens is 2. The van der Waals surface area contributed by atoms with Crippen LogP contribution in [0.1, 0.15) is 0 Å². The summed E-state index contributed by atoms with van der Waals surface area (Å²) in [5, 5.41) is 13.7. The summed E-state index contributed by atoms with van der Waals surface area (Å²) in [7, 11) is 0. The number of nitrogens with zero attached hydrogens (tertiary/aromatic N) is 3. The van der Waals surface area contributed by atoms with E-state index in [-0.39, 0.29) is 10.6 Å². The fourth-order valence-electron chi connectivity index (χ4n) is 4.63. The molecule has 0 amide bonds. The van der Waals surface area contributed by atoms with E-state index in [2.05, 4.69) is 22.8 Å². The molecule has 6 rings (SSSR count). The third-order valence-electron chi connectivity index (χ3n) is 6.10. The van der Waals surface area contributed by atoms with Crippen LogP contribution in [-0.2, 0) is 0 Å². The summed E-state index contributed by atoms with van der Waals surface area (Å²) in [6, 6.07) is 37.1. The Labute approximate surface area is 195 Å². The summed E-state index contributed by atoms with van der Waals surface area (Å²) in [6.07, 6.45) is 0. The summed E-state index contributed by atoms with van der Waals surface area (Å²) >= 11 is 0. The molecule has 0 bridgehead atoms. The molecule has 162 valence electrons. The minimum atomic E-state index is -0.327. The minimum Gasteiger partial charge on any atom is -0.292 e. The third-order valence-corrected chi connectivity index (χ3v) is 6.10. The zero-order chi connectivity index (χ0) is 23.1. The molecule has 0 fully saturated rings. The molecular weight excluding hydrogens is 422 g/mol. The molecule has 0 aliphatic heterocycles. The maximum atomic E-state index is 11.8. The van der Waals surface area contributed by atoms with Crippen LogP contribution in [-0.4, -0.2) is 14.5 Å². The van der Waals surface area contributed by atoms with Crippen molar-refractivity contribution in [3.8, 4) is 28.2 Å². The van der Waals surface area contributed by atoms with Crippen molar-refractivity contribution in [3.05, 3.63) is 125 Å². The summed E-state index contributed by atoms with van der Waals surface area (Å²) in [4.78, 5) is 16.5. The van der Waals surface area contributed by atoms with Gasteiger partial charge in [-0.25, -0.2) is 4.98 Å². The highest BCUT2D eigenvalue weighted by Crippen LogP contribution is 2.40. The fourth-order valence-corrected chi connectivity index (χ4v) is 4.63. The lowest BCUT2D eigenvalue weighted by atomic mass is 9.96. The van der Waals surface area contributed by atoms with Gasteiger partial charge in [-0.15, -0.1) is 0 Å². The van der Waals surface area contributed by atoms with Crippen LogP contribution < -0.4 is 0 Å². The number of hydrogen-bond donors (Lipinski definition) is 0. The molecule has 0 spiro atoms. The van der Waals surface area contributed by atoms with Crippen LogP contribution in [0.15, 0.2) is 115 Å². The molecule has 0 N–H and O–H groups in total. The molecule has 0 saturated heterocycles. The van der Waals surface area contributed by atoms with E-state index in [1.807, 2.05) is 78.9 Å². The topological polar surface area (TPSA) is 61.0 Å². The van der Waals surface area contributed by atoms with E-state index in [4.69, 9.17) is 4.98 Å². The highest BCUT2D eigenvalue weighted by molar-refractivity contribution is 6.13. The molecule has 6 aromatic rings. The highest BCUT2D eigenvalue weighted by atomic mass is 16.6. The standard InChI is InChI=1S/C29H19N3O2/c33-32(34)27-18-10-9-16-23(27)25-19-26-28(24-17-8-7-15-22(24)25)31(21-13-5-2-6-14-21)29(30-26)20-11-3-1-4-12-20/h1-19H. The van der Waals surface area contributed by atoms with Crippen molar-refractivity contribution in [1.29, 1.82) is 0 Å². The maximum Gasteiger partial charge on any atom is 0.277 e. The summed E-state index contributed by atoms with van der Waals surface area (Å²) in [5.41, 5.74) is 5.23. The number of benzene rings is 5. The number of rotatable bonds is 4. The predicted octanol–water partition coefficient (Wildman–Crippen LogP) is 7.42. The quantitative estimate of drug-likeness (QED) is 0.211. The van der Waals surface area contributed by atoms with Gasteiger partial charge in [-0.3, -0.25) is 14.7 Å². The second-order valence-corrected chi connectivity index (χ2v) is 8.08. The van der Waals surface area contributed by atoms with Gasteiger partial charge in [0.25, 0.3) is 5.69 Å². The Bertz CT molecular complexity index is 1670. The van der Waals surface area contributed by atoms with Crippen molar-refractivity contribution >= 4 is 27.5 Å². The van der Waals surface area contributed by atoms with Gasteiger partial charge >= 0.3 is 0 Å². The molecule has 1 heterocycles. The van der Waals surface area contributed by atoms with E-state index in [0.717, 1.165) is 44.4 Å². The van der Waals surface area contributed by atoms with E-state index in [1.165, 1.54) is 0 Å². The Kier molecular flexibility index (Phi) is 4.66. The number of hydrogen-bond acceptors (Lipinski definition) is 3. The first kappa shape index (κ1) is 19.9. The first-order valence-corrected chi connectivity index (χ1v) is 11.0. The number of nitro groups is 1. The Balaban J connectivity index is 1.77. The van der Waals surface area contributed by atoms with Crippen molar-refractivity contribution in [2.24, 2.45) is 0 Å². The van der Waals surface area contributed by atoms with Crippen molar-refractivity contribution in [1.82, 2.24) is 9.55 Å². The van der Waals surface area contributed by atoms with E-state index in [1.54, 1.807) is 18.2 Å². The van der Waals surface area contributed by atoms with Crippen molar-refractivity contribution < 1.29 is 4.92 Å². The predicted molar refractivity (Wildman–Crippen MR) is 136 cm³/mol. The van der Waals surface area contributed by atoms with Crippen LogP contribution in [0.3, 0.4) is 0 Å². The van der Waals surface area contributed by atoms with E-state index in [9.17, 15) is 10.1 Å². The normalized spacial score (nSPS) is 11.2. The van der Waals surface area contributed by atoms with E-state index < -0.39 is 0 Å². The summed E-state index contributed by atoms with van der Waals surface area (Å²) in [6.45, 7) is 0. The minimum absolute atomic E-state index is 0.0813. The average Bonchev–Trinajstić information content (AvgIpc) is 3.29. The van der Waals surface area contributed by atoms with Gasteiger partial charge in [0.1, 0.15) is 5.82 Å². The highest BCUT2D eigenvalue weighted by Gasteiger charge is 2.22. The Morgan fingerprint density at radius 3 is 2.03 bits per heavy atom. The SMILES string of the molecule is O=[N+]([O-])c1ccccc1-c1cc2nc(-c3ccccc3)n(-c3ccccc3)c2c2ccccc12. The Morgan fingerprint density at radius 1 is 0.676 bits per heavy atom. The molecule has 5 nitrogen and oxygen atoms in total. The van der Waals surface area contributed by atoms with Crippen molar-refractivity contribution in [3.63, 3.8) is 0 Å². The lowest BCUT2D eigenvalue weighted by Crippen LogP contribution is -1.98. The Hall–Kier alpha value is -4.77. The Morgan fingerprint density at radius 2 is 1.29 bits per heavy atom. The van der Waals surface area contributed by atoms with Crippen molar-refractivity contribution in [2.75, 3.05) is 0 Å². The van der Waals surface area contributed by atoms with Crippen LogP contribution in [0.25, 0.3) is 50.0 Å². The summed E-state index contributed by atoms with van der Waals surface area (Å²) < 4.78 is 2.18. The summed E-state index contributed by atoms with van der Waals surface area (Å²) in [5.74, 6) is 0.826. The van der Waals surface area contributed by atoms with Crippen LogP contribution in [0.4, 0.5) is 5.69 Å². The van der Waals surface area contributed by atoms with Gasteiger partial charge in [0.05, 0.1) is 21.5 Å². The average molecular weight is 441 g/mol. The van der Waals surface area contributed by atoms with Gasteiger partial charge in [-0.05, 0) is 35.2 Å². The zero-order valence-corrected chi connectivity index (χ0v) is 18.1. The molecule has 0 saturated carbocycles. The smallest absolute Gasteiger partial charge is 0.277 e. The lowest BCUT2D eigenvalue weighted by molar-refractivity contribution is -0.384. The van der Waals surface area contributed by atoms with Gasteiger partial charge in [0, 0.05) is 22.7 Å². The maximum absolute atomic E-state index is 11.8. The van der Waals surface area contributed by atoms with Crippen LogP contribution in [0.5, 0.6) is 0 Å². The van der Waals surface area contributed by atoms with E-state index in [0.29, 0.717) is 5.56 Å². The number of para-hydroxylation sites is 2. The van der Waals surface area contributed by atoms with E-state index >= 15 is 0 Å². The second kappa shape index (κ2) is 7.98. The lowest BCUT2D eigenvalue weighted by Gasteiger charge is -2.13. The fraction of sp³-hybridized carbons (Fsp3) is 0. The molecular formula is C29H19N3O2. The van der Waals surface area contributed by atoms with Gasteiger partial charge < -0.3 is 0 Å². The zero-order valence-electron chi connectivity index (χ0n) is 18.1. The van der Waals surface area contributed by atoms with Gasteiger partial charge in [-0.2, -0.15) is 0 Å². The van der Waals surface area contributed by atoms with Gasteiger partial charge in [0.15, 0.2) is 0 Å². The number of nitro benzene ring substituents is 1. The molecule has 5 heteroatoms. The molecule has 0 atom stereocenters. The van der Waals surface area contributed by atoms with Crippen LogP contribution in [0, 0.1) is 10.1 Å². The van der Waals surface area contributed by atoms with Gasteiger partial charge in [0.2, 0.25) is 0 Å². The van der Waals surface area contributed by atoms with Gasteiger partial charge in [-0.1, -0.05) is 84.9 Å². The third kappa shape index (κ3) is 3.14. The monoisotopic (exact) mass is 441 g/mol. The van der Waals surface area contributed by atoms with Crippen LogP contribution >= 0.6 is 0 Å². The molecule has 5 aromatic carbocycles. The molecule has 1 aromatic heterocycles. The second-order valence-electron chi connectivity index (χ2n) is 8.08. The van der Waals surface area contributed by atoms with Crippen LogP contribution in [0.2, 0.25) is 0 Å². The molecule has 0 aliphatic carbocycles. The molecule has 0 radical (unpaired) electrons. The first-order chi connectivity index (χ1) is 16.7. The number of imidazole rings is 1.